The van der Waals surface area contributed by atoms with Gasteiger partial charge < -0.3 is 9.73 Å². The molecule has 1 aromatic carbocycles. The van der Waals surface area contributed by atoms with Gasteiger partial charge in [-0.15, -0.1) is 0 Å². The topological polar surface area (TPSA) is 38.1 Å². The first-order chi connectivity index (χ1) is 8.29. The predicted molar refractivity (Wildman–Crippen MR) is 71.9 cm³/mol. The van der Waals surface area contributed by atoms with E-state index >= 15 is 0 Å². The molecule has 0 radical (unpaired) electrons. The van der Waals surface area contributed by atoms with Crippen LogP contribution in [0.4, 0.5) is 0 Å². The summed E-state index contributed by atoms with van der Waals surface area (Å²) in [4.78, 5) is 4.28. The summed E-state index contributed by atoms with van der Waals surface area (Å²) in [5.41, 5.74) is 1.05. The number of aryl methyl sites for hydroxylation is 1. The fourth-order valence-electron chi connectivity index (χ4n) is 1.62. The Morgan fingerprint density at radius 2 is 2.29 bits per heavy atom. The van der Waals surface area contributed by atoms with E-state index in [9.17, 15) is 0 Å². The molecule has 0 spiro atoms. The Morgan fingerprint density at radius 1 is 1.41 bits per heavy atom. The molecule has 0 unspecified atom stereocenters. The van der Waals surface area contributed by atoms with E-state index in [1.165, 1.54) is 0 Å². The summed E-state index contributed by atoms with van der Waals surface area (Å²) in [5.74, 6) is 1.63. The van der Waals surface area contributed by atoms with Gasteiger partial charge in [-0.2, -0.15) is 0 Å². The average Bonchev–Trinajstić information content (AvgIpc) is 2.78. The minimum Gasteiger partial charge on any atom is -0.441 e. The summed E-state index contributed by atoms with van der Waals surface area (Å²) >= 11 is 3.45. The molecule has 0 aliphatic carbocycles. The van der Waals surface area contributed by atoms with E-state index in [0.29, 0.717) is 0 Å². The van der Waals surface area contributed by atoms with E-state index in [1.807, 2.05) is 31.3 Å². The molecule has 4 heteroatoms. The van der Waals surface area contributed by atoms with Gasteiger partial charge in [0.1, 0.15) is 0 Å². The molecule has 0 fully saturated rings. The van der Waals surface area contributed by atoms with Crippen molar-refractivity contribution >= 4 is 15.9 Å². The lowest BCUT2D eigenvalue weighted by atomic mass is 10.2. The molecular formula is C13H15BrN2O. The molecule has 0 atom stereocenters. The number of hydrogen-bond acceptors (Lipinski definition) is 3. The van der Waals surface area contributed by atoms with Gasteiger partial charge in [0.2, 0.25) is 0 Å². The van der Waals surface area contributed by atoms with Crippen LogP contribution in [0.15, 0.2) is 39.4 Å². The molecule has 0 saturated carbocycles. The number of hydrogen-bond donors (Lipinski definition) is 1. The van der Waals surface area contributed by atoms with Crippen LogP contribution in [0.2, 0.25) is 0 Å². The average molecular weight is 295 g/mol. The Labute approximate surface area is 109 Å². The van der Waals surface area contributed by atoms with Gasteiger partial charge in [0.15, 0.2) is 11.7 Å². The highest BCUT2D eigenvalue weighted by Gasteiger charge is 2.06. The van der Waals surface area contributed by atoms with E-state index in [-0.39, 0.29) is 0 Å². The molecule has 0 aliphatic heterocycles. The van der Waals surface area contributed by atoms with Crippen LogP contribution in [-0.2, 0) is 6.42 Å². The first-order valence-corrected chi connectivity index (χ1v) is 6.44. The zero-order valence-corrected chi connectivity index (χ0v) is 11.3. The summed E-state index contributed by atoms with van der Waals surface area (Å²) in [5, 5.41) is 3.11. The Balaban J connectivity index is 2.07. The predicted octanol–water partition coefficient (Wildman–Crippen LogP) is 3.26. The number of rotatable bonds is 5. The number of aromatic nitrogens is 1. The lowest BCUT2D eigenvalue weighted by Gasteiger charge is -1.97. The molecule has 3 nitrogen and oxygen atoms in total. The van der Waals surface area contributed by atoms with E-state index in [4.69, 9.17) is 4.42 Å². The maximum atomic E-state index is 5.71. The van der Waals surface area contributed by atoms with Crippen molar-refractivity contribution in [1.82, 2.24) is 10.3 Å². The SMILES string of the molecule is CNCCCc1ncc(-c2cccc(Br)c2)o1. The zero-order valence-electron chi connectivity index (χ0n) is 9.74. The van der Waals surface area contributed by atoms with Gasteiger partial charge in [-0.05, 0) is 32.1 Å². The third-order valence-electron chi connectivity index (χ3n) is 2.48. The standard InChI is InChI=1S/C13H15BrN2O/c1-15-7-3-6-13-16-9-12(17-13)10-4-2-5-11(14)8-10/h2,4-5,8-9,15H,3,6-7H2,1H3. The van der Waals surface area contributed by atoms with Crippen LogP contribution in [0.1, 0.15) is 12.3 Å². The van der Waals surface area contributed by atoms with E-state index < -0.39 is 0 Å². The van der Waals surface area contributed by atoms with Crippen molar-refractivity contribution < 1.29 is 4.42 Å². The summed E-state index contributed by atoms with van der Waals surface area (Å²) in [6, 6.07) is 8.02. The summed E-state index contributed by atoms with van der Waals surface area (Å²) < 4.78 is 6.76. The van der Waals surface area contributed by atoms with Gasteiger partial charge in [0, 0.05) is 16.5 Å². The van der Waals surface area contributed by atoms with E-state index in [1.54, 1.807) is 6.20 Å². The molecule has 0 amide bonds. The van der Waals surface area contributed by atoms with Gasteiger partial charge in [0.25, 0.3) is 0 Å². The first-order valence-electron chi connectivity index (χ1n) is 5.65. The molecule has 2 aromatic rings. The normalized spacial score (nSPS) is 10.7. The van der Waals surface area contributed by atoms with Crippen LogP contribution in [0.25, 0.3) is 11.3 Å². The zero-order chi connectivity index (χ0) is 12.1. The van der Waals surface area contributed by atoms with Crippen molar-refractivity contribution in [3.63, 3.8) is 0 Å². The third-order valence-corrected chi connectivity index (χ3v) is 2.97. The lowest BCUT2D eigenvalue weighted by molar-refractivity contribution is 0.495. The molecule has 2 rings (SSSR count). The highest BCUT2D eigenvalue weighted by atomic mass is 79.9. The van der Waals surface area contributed by atoms with Crippen LogP contribution in [0, 0.1) is 0 Å². The molecule has 1 heterocycles. The van der Waals surface area contributed by atoms with Crippen molar-refractivity contribution in [2.24, 2.45) is 0 Å². The molecule has 1 N–H and O–H groups in total. The highest BCUT2D eigenvalue weighted by Crippen LogP contribution is 2.23. The van der Waals surface area contributed by atoms with Crippen LogP contribution < -0.4 is 5.32 Å². The van der Waals surface area contributed by atoms with Gasteiger partial charge in [0.05, 0.1) is 6.20 Å². The molecule has 1 aromatic heterocycles. The maximum Gasteiger partial charge on any atom is 0.194 e. The largest absolute Gasteiger partial charge is 0.441 e. The van der Waals surface area contributed by atoms with Crippen molar-refractivity contribution in [2.45, 2.75) is 12.8 Å². The summed E-state index contributed by atoms with van der Waals surface area (Å²) in [6.45, 7) is 0.981. The molecule has 90 valence electrons. The van der Waals surface area contributed by atoms with Crippen molar-refractivity contribution in [2.75, 3.05) is 13.6 Å². The van der Waals surface area contributed by atoms with E-state index in [0.717, 1.165) is 41.1 Å². The molecule has 0 bridgehead atoms. The van der Waals surface area contributed by atoms with Crippen LogP contribution >= 0.6 is 15.9 Å². The van der Waals surface area contributed by atoms with Crippen LogP contribution in [0.5, 0.6) is 0 Å². The number of halogens is 1. The second-order valence-electron chi connectivity index (χ2n) is 3.84. The molecule has 0 aliphatic rings. The van der Waals surface area contributed by atoms with Crippen molar-refractivity contribution in [3.8, 4) is 11.3 Å². The quantitative estimate of drug-likeness (QED) is 0.860. The Bertz CT molecular complexity index is 482. The van der Waals surface area contributed by atoms with Gasteiger partial charge in [-0.25, -0.2) is 4.98 Å². The highest BCUT2D eigenvalue weighted by molar-refractivity contribution is 9.10. The number of benzene rings is 1. The number of nitrogens with one attached hydrogen (secondary N) is 1. The molecular weight excluding hydrogens is 280 g/mol. The van der Waals surface area contributed by atoms with Gasteiger partial charge in [-0.3, -0.25) is 0 Å². The Hall–Kier alpha value is -1.13. The maximum absolute atomic E-state index is 5.71. The monoisotopic (exact) mass is 294 g/mol. The Morgan fingerprint density at radius 3 is 3.06 bits per heavy atom. The minimum atomic E-state index is 0.801. The first kappa shape index (κ1) is 12.3. The minimum absolute atomic E-state index is 0.801. The molecule has 17 heavy (non-hydrogen) atoms. The van der Waals surface area contributed by atoms with Crippen LogP contribution in [0.3, 0.4) is 0 Å². The van der Waals surface area contributed by atoms with Crippen molar-refractivity contribution in [3.05, 3.63) is 40.8 Å². The summed E-state index contributed by atoms with van der Waals surface area (Å²) in [6.07, 6.45) is 3.69. The Kier molecular flexibility index (Phi) is 4.34. The third kappa shape index (κ3) is 3.41. The number of nitrogens with zero attached hydrogens (tertiary/aromatic N) is 1. The van der Waals surface area contributed by atoms with Gasteiger partial charge in [-0.1, -0.05) is 28.1 Å². The second-order valence-corrected chi connectivity index (χ2v) is 4.75. The van der Waals surface area contributed by atoms with Crippen LogP contribution in [-0.4, -0.2) is 18.6 Å². The lowest BCUT2D eigenvalue weighted by Crippen LogP contribution is -2.08. The summed E-state index contributed by atoms with van der Waals surface area (Å²) in [7, 11) is 1.95. The van der Waals surface area contributed by atoms with Gasteiger partial charge >= 0.3 is 0 Å². The second kappa shape index (κ2) is 5.98. The smallest absolute Gasteiger partial charge is 0.194 e. The fraction of sp³-hybridized carbons (Fsp3) is 0.308. The molecule has 0 saturated heterocycles. The van der Waals surface area contributed by atoms with E-state index in [2.05, 4.69) is 26.2 Å². The fourth-order valence-corrected chi connectivity index (χ4v) is 2.02. The number of oxazole rings is 1. The van der Waals surface area contributed by atoms with Crippen molar-refractivity contribution in [1.29, 1.82) is 0 Å².